The first kappa shape index (κ1) is 17.7. The Kier molecular flexibility index (Phi) is 4.70. The van der Waals surface area contributed by atoms with E-state index >= 15 is 0 Å². The number of aromatic hydroxyl groups is 1. The first-order valence-corrected chi connectivity index (χ1v) is 9.32. The Hall–Kier alpha value is -2.66. The summed E-state index contributed by atoms with van der Waals surface area (Å²) in [4.78, 5) is 15.0. The van der Waals surface area contributed by atoms with E-state index in [2.05, 4.69) is 11.8 Å². The predicted molar refractivity (Wildman–Crippen MR) is 101 cm³/mol. The minimum absolute atomic E-state index is 0.0774. The van der Waals surface area contributed by atoms with Crippen LogP contribution in [0.1, 0.15) is 47.7 Å². The summed E-state index contributed by atoms with van der Waals surface area (Å²) in [7, 11) is 0. The van der Waals surface area contributed by atoms with Crippen molar-refractivity contribution in [3.05, 3.63) is 64.7 Å². The van der Waals surface area contributed by atoms with E-state index in [4.69, 9.17) is 4.74 Å². The number of ketones is 1. The molecule has 0 amide bonds. The number of hydrogen-bond donors (Lipinski definition) is 1. The first-order chi connectivity index (χ1) is 13.0. The summed E-state index contributed by atoms with van der Waals surface area (Å²) >= 11 is 0. The number of piperidine rings is 1. The molecular weight excluding hydrogens is 345 g/mol. The number of phenols is 1. The van der Waals surface area contributed by atoms with Gasteiger partial charge < -0.3 is 9.84 Å². The fourth-order valence-corrected chi connectivity index (χ4v) is 3.78. The van der Waals surface area contributed by atoms with Crippen LogP contribution in [0.5, 0.6) is 11.5 Å². The highest BCUT2D eigenvalue weighted by Gasteiger charge is 2.32. The zero-order chi connectivity index (χ0) is 19.0. The van der Waals surface area contributed by atoms with Gasteiger partial charge in [0, 0.05) is 18.2 Å². The van der Waals surface area contributed by atoms with Crippen molar-refractivity contribution in [2.24, 2.45) is 0 Å². The molecule has 4 rings (SSSR count). The van der Waals surface area contributed by atoms with Gasteiger partial charge in [-0.3, -0.25) is 9.69 Å². The van der Waals surface area contributed by atoms with Crippen LogP contribution in [0, 0.1) is 5.82 Å². The number of carbonyl (C=O) groups excluding carboxylic acids is 1. The smallest absolute Gasteiger partial charge is 0.231 e. The summed E-state index contributed by atoms with van der Waals surface area (Å²) < 4.78 is 19.8. The second kappa shape index (κ2) is 7.16. The monoisotopic (exact) mass is 367 g/mol. The van der Waals surface area contributed by atoms with Crippen molar-refractivity contribution in [2.75, 3.05) is 6.54 Å². The van der Waals surface area contributed by atoms with Crippen molar-refractivity contribution in [3.8, 4) is 11.5 Å². The van der Waals surface area contributed by atoms with E-state index in [0.29, 0.717) is 35.0 Å². The Labute approximate surface area is 157 Å². The lowest BCUT2D eigenvalue weighted by molar-refractivity contribution is 0.101. The average Bonchev–Trinajstić information content (AvgIpc) is 2.97. The maximum atomic E-state index is 13.9. The van der Waals surface area contributed by atoms with Gasteiger partial charge in [0.1, 0.15) is 17.3 Å². The molecule has 0 unspecified atom stereocenters. The molecule has 2 aliphatic heterocycles. The number of nitrogens with zero attached hydrogens (tertiary/aromatic N) is 1. The minimum Gasteiger partial charge on any atom is -0.507 e. The van der Waals surface area contributed by atoms with Gasteiger partial charge in [-0.1, -0.05) is 24.6 Å². The number of carbonyl (C=O) groups is 1. The highest BCUT2D eigenvalue weighted by atomic mass is 19.1. The molecule has 1 N–H and O–H groups in total. The van der Waals surface area contributed by atoms with Gasteiger partial charge in [-0.05, 0) is 50.6 Å². The van der Waals surface area contributed by atoms with Gasteiger partial charge in [0.2, 0.25) is 5.78 Å². The molecule has 0 radical (unpaired) electrons. The SMILES string of the molecule is C[C@@H]1CCCCN1Cc1c(O)ccc2c1O/C(=C\c1ccccc1F)C2=O. The second-order valence-electron chi connectivity index (χ2n) is 7.22. The van der Waals surface area contributed by atoms with Gasteiger partial charge in [-0.15, -0.1) is 0 Å². The van der Waals surface area contributed by atoms with Gasteiger partial charge in [-0.2, -0.15) is 0 Å². The van der Waals surface area contributed by atoms with E-state index in [1.54, 1.807) is 24.3 Å². The summed E-state index contributed by atoms with van der Waals surface area (Å²) in [6.07, 6.45) is 4.87. The molecule has 0 aromatic heterocycles. The Balaban J connectivity index is 1.68. The van der Waals surface area contributed by atoms with E-state index < -0.39 is 5.82 Å². The average molecular weight is 367 g/mol. The molecule has 2 aromatic rings. The Morgan fingerprint density at radius 3 is 2.85 bits per heavy atom. The largest absolute Gasteiger partial charge is 0.507 e. The molecule has 4 nitrogen and oxygen atoms in total. The fourth-order valence-electron chi connectivity index (χ4n) is 3.78. The van der Waals surface area contributed by atoms with E-state index in [1.807, 2.05) is 0 Å². The lowest BCUT2D eigenvalue weighted by Gasteiger charge is -2.33. The molecule has 0 saturated carbocycles. The molecule has 0 bridgehead atoms. The summed E-state index contributed by atoms with van der Waals surface area (Å²) in [5.74, 6) is -0.121. The van der Waals surface area contributed by atoms with Crippen LogP contribution >= 0.6 is 0 Å². The normalized spacial score (nSPS) is 21.3. The molecule has 1 saturated heterocycles. The van der Waals surface area contributed by atoms with E-state index in [9.17, 15) is 14.3 Å². The van der Waals surface area contributed by atoms with E-state index in [1.165, 1.54) is 24.6 Å². The summed E-state index contributed by atoms with van der Waals surface area (Å²) in [5, 5.41) is 10.4. The maximum absolute atomic E-state index is 13.9. The van der Waals surface area contributed by atoms with Crippen LogP contribution in [-0.4, -0.2) is 28.4 Å². The topological polar surface area (TPSA) is 49.8 Å². The number of ether oxygens (including phenoxy) is 1. The van der Waals surface area contributed by atoms with Crippen LogP contribution in [-0.2, 0) is 6.54 Å². The van der Waals surface area contributed by atoms with Crippen molar-refractivity contribution < 1.29 is 19.0 Å². The minimum atomic E-state index is -0.414. The standard InChI is InChI=1S/C22H22FNO3/c1-14-6-4-5-11-24(14)13-17-19(25)10-9-16-21(26)20(27-22(16)17)12-15-7-2-3-8-18(15)23/h2-3,7-10,12,14,25H,4-6,11,13H2,1H3/b20-12-/t14-/m1/s1. The zero-order valence-electron chi connectivity index (χ0n) is 15.2. The quantitative estimate of drug-likeness (QED) is 0.811. The van der Waals surface area contributed by atoms with Gasteiger partial charge in [-0.25, -0.2) is 4.39 Å². The molecule has 2 heterocycles. The van der Waals surface area contributed by atoms with Crippen LogP contribution in [0.2, 0.25) is 0 Å². The fraction of sp³-hybridized carbons (Fsp3) is 0.318. The maximum Gasteiger partial charge on any atom is 0.231 e. The summed E-state index contributed by atoms with van der Waals surface area (Å²) in [6, 6.07) is 9.76. The second-order valence-corrected chi connectivity index (χ2v) is 7.22. The molecular formula is C22H22FNO3. The van der Waals surface area contributed by atoms with Crippen molar-refractivity contribution in [3.63, 3.8) is 0 Å². The van der Waals surface area contributed by atoms with E-state index in [-0.39, 0.29) is 17.3 Å². The first-order valence-electron chi connectivity index (χ1n) is 9.32. The number of allylic oxidation sites excluding steroid dienone is 1. The lowest BCUT2D eigenvalue weighted by atomic mass is 10.0. The molecule has 0 aliphatic carbocycles. The number of likely N-dealkylation sites (tertiary alicyclic amines) is 1. The van der Waals surface area contributed by atoms with Gasteiger partial charge in [0.05, 0.1) is 11.1 Å². The third-order valence-electron chi connectivity index (χ3n) is 5.41. The Morgan fingerprint density at radius 2 is 2.07 bits per heavy atom. The molecule has 2 aromatic carbocycles. The van der Waals surface area contributed by atoms with E-state index in [0.717, 1.165) is 19.4 Å². The van der Waals surface area contributed by atoms with Crippen LogP contribution in [0.4, 0.5) is 4.39 Å². The third-order valence-corrected chi connectivity index (χ3v) is 5.41. The summed E-state index contributed by atoms with van der Waals surface area (Å²) in [6.45, 7) is 3.65. The number of fused-ring (bicyclic) bond motifs is 1. The molecule has 140 valence electrons. The molecule has 1 fully saturated rings. The van der Waals surface area contributed by atoms with Gasteiger partial charge >= 0.3 is 0 Å². The number of rotatable bonds is 3. The lowest BCUT2D eigenvalue weighted by Crippen LogP contribution is -2.36. The van der Waals surface area contributed by atoms with Crippen LogP contribution < -0.4 is 4.74 Å². The van der Waals surface area contributed by atoms with Crippen LogP contribution in [0.15, 0.2) is 42.2 Å². The third kappa shape index (κ3) is 3.35. The van der Waals surface area contributed by atoms with Crippen molar-refractivity contribution in [2.45, 2.75) is 38.8 Å². The highest BCUT2D eigenvalue weighted by molar-refractivity contribution is 6.15. The highest BCUT2D eigenvalue weighted by Crippen LogP contribution is 2.40. The molecule has 5 heteroatoms. The Bertz CT molecular complexity index is 922. The molecule has 27 heavy (non-hydrogen) atoms. The van der Waals surface area contributed by atoms with Crippen molar-refractivity contribution in [1.29, 1.82) is 0 Å². The number of phenolic OH excluding ortho intramolecular Hbond substituents is 1. The predicted octanol–water partition coefficient (Wildman–Crippen LogP) is 4.52. The molecule has 0 spiro atoms. The number of Topliss-reactive ketones (excluding diaryl/α,β-unsaturated/α-hetero) is 1. The van der Waals surface area contributed by atoms with Gasteiger partial charge in [0.25, 0.3) is 0 Å². The number of hydrogen-bond acceptors (Lipinski definition) is 4. The van der Waals surface area contributed by atoms with Crippen molar-refractivity contribution >= 4 is 11.9 Å². The molecule has 2 aliphatic rings. The number of halogens is 1. The molecule has 1 atom stereocenters. The van der Waals surface area contributed by atoms with Crippen LogP contribution in [0.3, 0.4) is 0 Å². The Morgan fingerprint density at radius 1 is 1.26 bits per heavy atom. The van der Waals surface area contributed by atoms with Crippen molar-refractivity contribution in [1.82, 2.24) is 4.90 Å². The number of benzene rings is 2. The van der Waals surface area contributed by atoms with Crippen LogP contribution in [0.25, 0.3) is 6.08 Å². The zero-order valence-corrected chi connectivity index (χ0v) is 15.2. The van der Waals surface area contributed by atoms with Gasteiger partial charge in [0.15, 0.2) is 5.76 Å². The summed E-state index contributed by atoms with van der Waals surface area (Å²) in [5.41, 5.74) is 1.32.